The van der Waals surface area contributed by atoms with Crippen LogP contribution in [0.15, 0.2) is 10.6 Å². The Balaban J connectivity index is 2.45. The van der Waals surface area contributed by atoms with E-state index in [1.807, 2.05) is 0 Å². The van der Waals surface area contributed by atoms with Crippen LogP contribution in [0.2, 0.25) is 0 Å². The van der Waals surface area contributed by atoms with E-state index in [9.17, 15) is 0 Å². The summed E-state index contributed by atoms with van der Waals surface area (Å²) in [4.78, 5) is 2.31. The molecule has 1 aliphatic rings. The van der Waals surface area contributed by atoms with Gasteiger partial charge in [-0.05, 0) is 19.4 Å². The van der Waals surface area contributed by atoms with Crippen LogP contribution in [0.5, 0.6) is 0 Å². The van der Waals surface area contributed by atoms with Crippen molar-refractivity contribution < 1.29 is 0 Å². The Morgan fingerprint density at radius 2 is 2.31 bits per heavy atom. The Morgan fingerprint density at radius 1 is 1.54 bits per heavy atom. The first-order chi connectivity index (χ1) is 6.27. The van der Waals surface area contributed by atoms with E-state index in [4.69, 9.17) is 28.9 Å². The molecule has 76 valence electrons. The molecule has 0 aromatic heterocycles. The van der Waals surface area contributed by atoms with Gasteiger partial charge in [0, 0.05) is 29.7 Å². The lowest BCUT2D eigenvalue weighted by atomic mass is 10.0. The highest BCUT2D eigenvalue weighted by Gasteiger charge is 2.20. The topological polar surface area (TPSA) is 29.3 Å². The van der Waals surface area contributed by atoms with Crippen molar-refractivity contribution in [1.82, 2.24) is 4.90 Å². The molecule has 1 rings (SSSR count). The highest BCUT2D eigenvalue weighted by atomic mass is 35.5. The van der Waals surface area contributed by atoms with E-state index in [1.165, 1.54) is 24.8 Å². The Morgan fingerprint density at radius 3 is 2.92 bits per heavy atom. The summed E-state index contributed by atoms with van der Waals surface area (Å²) >= 11 is 11.4. The fourth-order valence-corrected chi connectivity index (χ4v) is 1.99. The largest absolute Gasteiger partial charge is 0.329 e. The van der Waals surface area contributed by atoms with Gasteiger partial charge in [0.25, 0.3) is 0 Å². The number of hydrogen-bond donors (Lipinski definition) is 1. The summed E-state index contributed by atoms with van der Waals surface area (Å²) in [5, 5.41) is 0.696. The van der Waals surface area contributed by atoms with Gasteiger partial charge >= 0.3 is 0 Å². The van der Waals surface area contributed by atoms with Crippen molar-refractivity contribution in [3.63, 3.8) is 0 Å². The standard InChI is InChI=1S/C9H16Cl2N2/c10-5-8(11)7-13-4-2-1-3-9(13)6-12/h5,9H,1-4,6-7,12H2/b8-5-. The molecule has 0 saturated carbocycles. The highest BCUT2D eigenvalue weighted by molar-refractivity contribution is 6.36. The number of nitrogens with zero attached hydrogens (tertiary/aromatic N) is 1. The number of likely N-dealkylation sites (tertiary alicyclic amines) is 1. The Kier molecular flexibility index (Phi) is 5.10. The minimum absolute atomic E-state index is 0.485. The van der Waals surface area contributed by atoms with Crippen molar-refractivity contribution >= 4 is 23.2 Å². The molecule has 1 aliphatic heterocycles. The summed E-state index contributed by atoms with van der Waals surface area (Å²) in [6, 6.07) is 0.485. The molecule has 0 aromatic carbocycles. The third-order valence-corrected chi connectivity index (χ3v) is 3.10. The molecular weight excluding hydrogens is 207 g/mol. The molecule has 4 heteroatoms. The van der Waals surface area contributed by atoms with Gasteiger partial charge in [-0.25, -0.2) is 0 Å². The molecule has 0 aliphatic carbocycles. The molecule has 13 heavy (non-hydrogen) atoms. The third kappa shape index (κ3) is 3.47. The summed E-state index contributed by atoms with van der Waals surface area (Å²) in [5.41, 5.74) is 7.11. The van der Waals surface area contributed by atoms with E-state index in [2.05, 4.69) is 4.90 Å². The van der Waals surface area contributed by atoms with Gasteiger partial charge in [-0.3, -0.25) is 4.90 Å². The Bertz CT molecular complexity index is 182. The lowest BCUT2D eigenvalue weighted by Crippen LogP contribution is -2.44. The molecule has 0 bridgehead atoms. The van der Waals surface area contributed by atoms with Crippen molar-refractivity contribution in [1.29, 1.82) is 0 Å². The molecule has 1 atom stereocenters. The Labute approximate surface area is 89.7 Å². The molecule has 2 nitrogen and oxygen atoms in total. The van der Waals surface area contributed by atoms with Gasteiger partial charge in [-0.15, -0.1) is 0 Å². The first-order valence-electron chi connectivity index (χ1n) is 4.66. The van der Waals surface area contributed by atoms with Gasteiger partial charge in [-0.2, -0.15) is 0 Å². The van der Waals surface area contributed by atoms with Crippen LogP contribution in [0.25, 0.3) is 0 Å². The summed E-state index contributed by atoms with van der Waals surface area (Å²) < 4.78 is 0. The summed E-state index contributed by atoms with van der Waals surface area (Å²) in [6.07, 6.45) is 3.70. The second-order valence-corrected chi connectivity index (χ2v) is 4.12. The van der Waals surface area contributed by atoms with Crippen molar-refractivity contribution in [3.05, 3.63) is 10.6 Å². The van der Waals surface area contributed by atoms with E-state index in [0.717, 1.165) is 13.1 Å². The van der Waals surface area contributed by atoms with Crippen LogP contribution in [0.4, 0.5) is 0 Å². The van der Waals surface area contributed by atoms with Gasteiger partial charge in [0.15, 0.2) is 0 Å². The maximum atomic E-state index is 5.87. The van der Waals surface area contributed by atoms with Crippen LogP contribution in [-0.2, 0) is 0 Å². The zero-order valence-corrected chi connectivity index (χ0v) is 9.19. The van der Waals surface area contributed by atoms with E-state index >= 15 is 0 Å². The van der Waals surface area contributed by atoms with Crippen molar-refractivity contribution in [2.24, 2.45) is 5.73 Å². The van der Waals surface area contributed by atoms with Crippen LogP contribution in [0.3, 0.4) is 0 Å². The number of piperidine rings is 1. The van der Waals surface area contributed by atoms with Gasteiger partial charge in [-0.1, -0.05) is 29.6 Å². The van der Waals surface area contributed by atoms with E-state index in [1.54, 1.807) is 0 Å². The van der Waals surface area contributed by atoms with Gasteiger partial charge in [0.1, 0.15) is 0 Å². The van der Waals surface area contributed by atoms with Crippen LogP contribution >= 0.6 is 23.2 Å². The van der Waals surface area contributed by atoms with E-state index in [-0.39, 0.29) is 0 Å². The molecular formula is C9H16Cl2N2. The molecule has 1 heterocycles. The molecule has 1 saturated heterocycles. The number of nitrogens with two attached hydrogens (primary N) is 1. The van der Waals surface area contributed by atoms with Crippen LogP contribution in [0, 0.1) is 0 Å². The fraction of sp³-hybridized carbons (Fsp3) is 0.778. The highest BCUT2D eigenvalue weighted by Crippen LogP contribution is 2.18. The average molecular weight is 223 g/mol. The Hall–Kier alpha value is 0.240. The van der Waals surface area contributed by atoms with Gasteiger partial charge in [0.2, 0.25) is 0 Å². The number of hydrogen-bond acceptors (Lipinski definition) is 2. The molecule has 1 fully saturated rings. The summed E-state index contributed by atoms with van der Waals surface area (Å²) in [7, 11) is 0. The van der Waals surface area contributed by atoms with Crippen molar-refractivity contribution in [2.75, 3.05) is 19.6 Å². The zero-order valence-electron chi connectivity index (χ0n) is 7.68. The smallest absolute Gasteiger partial charge is 0.0434 e. The summed E-state index contributed by atoms with van der Waals surface area (Å²) in [6.45, 7) is 2.54. The van der Waals surface area contributed by atoms with Crippen molar-refractivity contribution in [3.8, 4) is 0 Å². The average Bonchev–Trinajstić information content (AvgIpc) is 2.18. The summed E-state index contributed by atoms with van der Waals surface area (Å²) in [5.74, 6) is 0. The SMILES string of the molecule is NCC1CCCCN1C/C(Cl)=C/Cl. The van der Waals surface area contributed by atoms with Crippen LogP contribution in [-0.4, -0.2) is 30.6 Å². The maximum Gasteiger partial charge on any atom is 0.0434 e. The third-order valence-electron chi connectivity index (χ3n) is 2.49. The number of rotatable bonds is 3. The first-order valence-corrected chi connectivity index (χ1v) is 5.48. The lowest BCUT2D eigenvalue weighted by molar-refractivity contribution is 0.169. The van der Waals surface area contributed by atoms with Crippen LogP contribution in [0.1, 0.15) is 19.3 Å². The van der Waals surface area contributed by atoms with E-state index in [0.29, 0.717) is 17.6 Å². The quantitative estimate of drug-likeness (QED) is 0.794. The molecule has 0 amide bonds. The number of halogens is 2. The van der Waals surface area contributed by atoms with Gasteiger partial charge in [0.05, 0.1) is 0 Å². The minimum atomic E-state index is 0.485. The second kappa shape index (κ2) is 5.86. The molecule has 0 spiro atoms. The molecule has 0 radical (unpaired) electrons. The van der Waals surface area contributed by atoms with Gasteiger partial charge < -0.3 is 5.73 Å². The van der Waals surface area contributed by atoms with Crippen LogP contribution < -0.4 is 5.73 Å². The maximum absolute atomic E-state index is 5.87. The second-order valence-electron chi connectivity index (χ2n) is 3.41. The molecule has 1 unspecified atom stereocenters. The predicted octanol–water partition coefficient (Wildman–Crippen LogP) is 2.12. The zero-order chi connectivity index (χ0) is 9.68. The molecule has 2 N–H and O–H groups in total. The lowest BCUT2D eigenvalue weighted by Gasteiger charge is -2.34. The van der Waals surface area contributed by atoms with E-state index < -0.39 is 0 Å². The fourth-order valence-electron chi connectivity index (χ4n) is 1.76. The normalized spacial score (nSPS) is 26.4. The molecule has 0 aromatic rings. The predicted molar refractivity (Wildman–Crippen MR) is 58.1 cm³/mol. The minimum Gasteiger partial charge on any atom is -0.329 e. The monoisotopic (exact) mass is 222 g/mol. The van der Waals surface area contributed by atoms with Crippen molar-refractivity contribution in [2.45, 2.75) is 25.3 Å². The first kappa shape index (κ1) is 11.3.